The van der Waals surface area contributed by atoms with Gasteiger partial charge in [0.1, 0.15) is 5.69 Å². The van der Waals surface area contributed by atoms with Crippen LogP contribution in [0.3, 0.4) is 0 Å². The van der Waals surface area contributed by atoms with Crippen LogP contribution in [0.5, 0.6) is 0 Å². The van der Waals surface area contributed by atoms with Crippen molar-refractivity contribution < 1.29 is 0 Å². The van der Waals surface area contributed by atoms with Gasteiger partial charge in [0.05, 0.1) is 5.69 Å². The molecule has 0 unspecified atom stereocenters. The number of hydrogen-bond donors (Lipinski definition) is 1. The van der Waals surface area contributed by atoms with E-state index >= 15 is 0 Å². The van der Waals surface area contributed by atoms with Crippen molar-refractivity contribution in [2.75, 3.05) is 0 Å². The molecule has 1 N–H and O–H groups in total. The molecule has 0 saturated heterocycles. The minimum Gasteiger partial charge on any atom is -0.361 e. The summed E-state index contributed by atoms with van der Waals surface area (Å²) in [4.78, 5) is 3.21. The normalized spacial score (nSPS) is 11.2. The van der Waals surface area contributed by atoms with E-state index in [1.165, 1.54) is 5.39 Å². The third kappa shape index (κ3) is 1.60. The number of aryl methyl sites for hydroxylation is 1. The Morgan fingerprint density at radius 2 is 1.75 bits per heavy atom. The Morgan fingerprint density at radius 1 is 0.900 bits per heavy atom. The van der Waals surface area contributed by atoms with Gasteiger partial charge in [-0.1, -0.05) is 30.3 Å². The lowest BCUT2D eigenvalue weighted by Crippen LogP contribution is -1.93. The van der Waals surface area contributed by atoms with Gasteiger partial charge in [0, 0.05) is 33.4 Å². The Labute approximate surface area is 116 Å². The Hall–Kier alpha value is -2.68. The number of aromatic nitrogens is 3. The van der Waals surface area contributed by atoms with E-state index in [2.05, 4.69) is 51.6 Å². The number of fused-ring (bicyclic) bond motifs is 2. The quantitative estimate of drug-likeness (QED) is 0.559. The van der Waals surface area contributed by atoms with Gasteiger partial charge in [-0.3, -0.25) is 0 Å². The van der Waals surface area contributed by atoms with E-state index in [1.807, 2.05) is 25.3 Å². The molecule has 0 aliphatic heterocycles. The molecule has 2 aromatic carbocycles. The van der Waals surface area contributed by atoms with Crippen LogP contribution in [0.15, 0.2) is 54.7 Å². The van der Waals surface area contributed by atoms with Gasteiger partial charge in [0.2, 0.25) is 0 Å². The molecular weight excluding hydrogens is 246 g/mol. The number of hydrogen-bond acceptors (Lipinski definition) is 2. The van der Waals surface area contributed by atoms with E-state index in [-0.39, 0.29) is 0 Å². The monoisotopic (exact) mass is 259 g/mol. The van der Waals surface area contributed by atoms with Crippen LogP contribution in [-0.2, 0) is 0 Å². The summed E-state index contributed by atoms with van der Waals surface area (Å²) >= 11 is 0. The van der Waals surface area contributed by atoms with Gasteiger partial charge >= 0.3 is 0 Å². The predicted molar refractivity (Wildman–Crippen MR) is 81.6 cm³/mol. The number of aromatic amines is 1. The van der Waals surface area contributed by atoms with Crippen molar-refractivity contribution in [1.82, 2.24) is 15.2 Å². The zero-order valence-electron chi connectivity index (χ0n) is 11.1. The third-order valence-corrected chi connectivity index (χ3v) is 3.70. The van der Waals surface area contributed by atoms with E-state index in [0.29, 0.717) is 0 Å². The molecule has 3 heteroatoms. The molecule has 2 aromatic heterocycles. The van der Waals surface area contributed by atoms with Crippen LogP contribution in [0, 0.1) is 6.92 Å². The number of rotatable bonds is 1. The van der Waals surface area contributed by atoms with Gasteiger partial charge in [-0.05, 0) is 25.1 Å². The van der Waals surface area contributed by atoms with E-state index in [0.717, 1.165) is 33.2 Å². The van der Waals surface area contributed by atoms with Crippen molar-refractivity contribution in [3.63, 3.8) is 0 Å². The molecule has 0 spiro atoms. The maximum Gasteiger partial charge on any atom is 0.101 e. The molecule has 0 fully saturated rings. The van der Waals surface area contributed by atoms with Crippen LogP contribution < -0.4 is 0 Å². The summed E-state index contributed by atoms with van der Waals surface area (Å²) < 4.78 is 0. The van der Waals surface area contributed by atoms with Crippen LogP contribution in [0.4, 0.5) is 0 Å². The van der Waals surface area contributed by atoms with E-state index in [9.17, 15) is 0 Å². The lowest BCUT2D eigenvalue weighted by atomic mass is 10.0. The summed E-state index contributed by atoms with van der Waals surface area (Å²) in [5.74, 6) is 0. The fraction of sp³-hybridized carbons (Fsp3) is 0.0588. The van der Waals surface area contributed by atoms with Crippen LogP contribution >= 0.6 is 0 Å². The maximum atomic E-state index is 4.41. The molecular formula is C17H13N3. The van der Waals surface area contributed by atoms with Crippen LogP contribution in [0.25, 0.3) is 32.9 Å². The Morgan fingerprint density at radius 3 is 2.65 bits per heavy atom. The Bertz CT molecular complexity index is 922. The van der Waals surface area contributed by atoms with Crippen molar-refractivity contribution in [2.45, 2.75) is 6.92 Å². The van der Waals surface area contributed by atoms with Gasteiger partial charge in [-0.25, -0.2) is 0 Å². The summed E-state index contributed by atoms with van der Waals surface area (Å²) in [6, 6.07) is 16.7. The fourth-order valence-corrected chi connectivity index (χ4v) is 2.65. The second-order valence-corrected chi connectivity index (χ2v) is 4.96. The highest BCUT2D eigenvalue weighted by molar-refractivity contribution is 5.97. The van der Waals surface area contributed by atoms with Crippen molar-refractivity contribution in [3.8, 4) is 11.3 Å². The van der Waals surface area contributed by atoms with E-state index in [4.69, 9.17) is 0 Å². The number of nitrogens with zero attached hydrogens (tertiary/aromatic N) is 2. The molecule has 0 bridgehead atoms. The highest BCUT2D eigenvalue weighted by Crippen LogP contribution is 2.29. The van der Waals surface area contributed by atoms with Crippen molar-refractivity contribution in [1.29, 1.82) is 0 Å². The number of H-pyrrole nitrogens is 1. The molecule has 0 saturated carbocycles. The van der Waals surface area contributed by atoms with E-state index < -0.39 is 0 Å². The lowest BCUT2D eigenvalue weighted by Gasteiger charge is -2.07. The van der Waals surface area contributed by atoms with Gasteiger partial charge < -0.3 is 4.98 Å². The second-order valence-electron chi connectivity index (χ2n) is 4.96. The molecule has 20 heavy (non-hydrogen) atoms. The Kier molecular flexibility index (Phi) is 2.33. The number of nitrogens with one attached hydrogen (secondary N) is 1. The second kappa shape index (κ2) is 4.17. The van der Waals surface area contributed by atoms with Crippen LogP contribution in [0.2, 0.25) is 0 Å². The largest absolute Gasteiger partial charge is 0.361 e. The molecule has 0 radical (unpaired) electrons. The average molecular weight is 259 g/mol. The third-order valence-electron chi connectivity index (χ3n) is 3.70. The summed E-state index contributed by atoms with van der Waals surface area (Å²) in [5.41, 5.74) is 4.14. The van der Waals surface area contributed by atoms with Crippen molar-refractivity contribution >= 4 is 21.7 Å². The van der Waals surface area contributed by atoms with Crippen LogP contribution in [0.1, 0.15) is 5.69 Å². The first-order valence-corrected chi connectivity index (χ1v) is 6.62. The van der Waals surface area contributed by atoms with Gasteiger partial charge in [0.25, 0.3) is 0 Å². The van der Waals surface area contributed by atoms with Gasteiger partial charge in [-0.15, -0.1) is 5.10 Å². The van der Waals surface area contributed by atoms with Gasteiger partial charge in [0.15, 0.2) is 0 Å². The summed E-state index contributed by atoms with van der Waals surface area (Å²) in [6.45, 7) is 1.99. The van der Waals surface area contributed by atoms with Crippen molar-refractivity contribution in [3.05, 3.63) is 60.4 Å². The molecule has 96 valence electrons. The first kappa shape index (κ1) is 11.2. The molecule has 3 nitrogen and oxygen atoms in total. The maximum absolute atomic E-state index is 4.41. The SMILES string of the molecule is Cc1nnc(-c2ccc3[nH]ccc3c2)c2ccccc12. The molecule has 0 amide bonds. The summed E-state index contributed by atoms with van der Waals surface area (Å²) in [5, 5.41) is 12.2. The first-order chi connectivity index (χ1) is 9.83. The zero-order chi connectivity index (χ0) is 13.5. The van der Waals surface area contributed by atoms with E-state index in [1.54, 1.807) is 0 Å². The Balaban J connectivity index is 2.04. The summed E-state index contributed by atoms with van der Waals surface area (Å²) in [7, 11) is 0. The zero-order valence-corrected chi connectivity index (χ0v) is 11.1. The summed E-state index contributed by atoms with van der Waals surface area (Å²) in [6.07, 6.45) is 1.95. The highest BCUT2D eigenvalue weighted by atomic mass is 15.1. The van der Waals surface area contributed by atoms with Gasteiger partial charge in [-0.2, -0.15) is 5.10 Å². The molecule has 2 heterocycles. The first-order valence-electron chi connectivity index (χ1n) is 6.62. The highest BCUT2D eigenvalue weighted by Gasteiger charge is 2.09. The lowest BCUT2D eigenvalue weighted by molar-refractivity contribution is 1.01. The predicted octanol–water partition coefficient (Wildman–Crippen LogP) is 4.09. The number of benzene rings is 2. The smallest absolute Gasteiger partial charge is 0.101 e. The topological polar surface area (TPSA) is 41.6 Å². The minimum absolute atomic E-state index is 0.939. The molecule has 0 atom stereocenters. The average Bonchev–Trinajstić information content (AvgIpc) is 2.95. The molecule has 0 aliphatic carbocycles. The van der Waals surface area contributed by atoms with Crippen molar-refractivity contribution in [2.24, 2.45) is 0 Å². The molecule has 4 aromatic rings. The fourth-order valence-electron chi connectivity index (χ4n) is 2.65. The molecule has 0 aliphatic rings. The molecule has 4 rings (SSSR count). The minimum atomic E-state index is 0.939. The van der Waals surface area contributed by atoms with Crippen LogP contribution in [-0.4, -0.2) is 15.2 Å². The standard InChI is InChI=1S/C17H13N3/c1-11-14-4-2-3-5-15(14)17(20-19-11)13-6-7-16-12(10-13)8-9-18-16/h2-10,18H,1H3.